The van der Waals surface area contributed by atoms with Crippen LogP contribution in [0.15, 0.2) is 12.1 Å². The SMILES string of the molecule is C#CCN1CCC(Nc2cc(C)c([N+](=O)[O-])cc2C)CC1. The van der Waals surface area contributed by atoms with Crippen LogP contribution in [-0.2, 0) is 0 Å². The average molecular weight is 287 g/mol. The van der Waals surface area contributed by atoms with E-state index >= 15 is 0 Å². The van der Waals surface area contributed by atoms with Gasteiger partial charge in [0, 0.05) is 36.4 Å². The normalized spacial score (nSPS) is 16.4. The summed E-state index contributed by atoms with van der Waals surface area (Å²) in [5.74, 6) is 2.68. The van der Waals surface area contributed by atoms with Crippen LogP contribution in [0.4, 0.5) is 11.4 Å². The average Bonchev–Trinajstić information content (AvgIpc) is 2.44. The molecule has 21 heavy (non-hydrogen) atoms. The van der Waals surface area contributed by atoms with Gasteiger partial charge in [-0.3, -0.25) is 15.0 Å². The summed E-state index contributed by atoms with van der Waals surface area (Å²) in [5.41, 5.74) is 2.78. The number of nitrogens with zero attached hydrogens (tertiary/aromatic N) is 2. The van der Waals surface area contributed by atoms with Crippen LogP contribution < -0.4 is 5.32 Å². The van der Waals surface area contributed by atoms with Crippen molar-refractivity contribution in [3.63, 3.8) is 0 Å². The van der Waals surface area contributed by atoms with Crippen LogP contribution >= 0.6 is 0 Å². The van der Waals surface area contributed by atoms with Gasteiger partial charge in [-0.1, -0.05) is 5.92 Å². The third-order valence-corrected chi connectivity index (χ3v) is 4.00. The Balaban J connectivity index is 2.03. The maximum atomic E-state index is 10.9. The molecule has 0 saturated carbocycles. The molecule has 1 aromatic carbocycles. The van der Waals surface area contributed by atoms with Crippen molar-refractivity contribution in [1.82, 2.24) is 4.90 Å². The molecule has 0 bridgehead atoms. The number of nitro groups is 1. The smallest absolute Gasteiger partial charge is 0.272 e. The number of nitro benzene ring substituents is 1. The second kappa shape index (κ2) is 6.59. The highest BCUT2D eigenvalue weighted by Crippen LogP contribution is 2.27. The van der Waals surface area contributed by atoms with E-state index in [0.717, 1.165) is 37.2 Å². The molecule has 0 unspecified atom stereocenters. The fraction of sp³-hybridized carbons (Fsp3) is 0.500. The second-order valence-electron chi connectivity index (χ2n) is 5.61. The first kappa shape index (κ1) is 15.3. The molecule has 1 heterocycles. The topological polar surface area (TPSA) is 58.4 Å². The first-order chi connectivity index (χ1) is 10.0. The Hall–Kier alpha value is -2.06. The van der Waals surface area contributed by atoms with Gasteiger partial charge in [-0.25, -0.2) is 0 Å². The molecule has 1 aliphatic rings. The lowest BCUT2D eigenvalue weighted by Crippen LogP contribution is -2.39. The molecular formula is C16H21N3O2. The minimum atomic E-state index is -0.329. The third kappa shape index (κ3) is 3.73. The first-order valence-electron chi connectivity index (χ1n) is 7.19. The second-order valence-corrected chi connectivity index (χ2v) is 5.61. The van der Waals surface area contributed by atoms with Gasteiger partial charge in [0.2, 0.25) is 0 Å². The van der Waals surface area contributed by atoms with Crippen LogP contribution in [-0.4, -0.2) is 35.5 Å². The van der Waals surface area contributed by atoms with Crippen molar-refractivity contribution in [2.45, 2.75) is 32.7 Å². The Bertz CT molecular complexity index is 570. The molecule has 0 radical (unpaired) electrons. The molecule has 0 aliphatic carbocycles. The zero-order valence-corrected chi connectivity index (χ0v) is 12.6. The number of benzene rings is 1. The maximum absolute atomic E-state index is 10.9. The molecule has 5 nitrogen and oxygen atoms in total. The van der Waals surface area contributed by atoms with E-state index in [9.17, 15) is 10.1 Å². The number of nitrogens with one attached hydrogen (secondary N) is 1. The van der Waals surface area contributed by atoms with Crippen molar-refractivity contribution in [3.8, 4) is 12.3 Å². The summed E-state index contributed by atoms with van der Waals surface area (Å²) in [5, 5.41) is 14.5. The molecule has 0 aromatic heterocycles. The number of piperidine rings is 1. The molecule has 0 atom stereocenters. The van der Waals surface area contributed by atoms with Crippen molar-refractivity contribution in [3.05, 3.63) is 33.4 Å². The van der Waals surface area contributed by atoms with Gasteiger partial charge in [0.25, 0.3) is 5.69 Å². The van der Waals surface area contributed by atoms with E-state index in [-0.39, 0.29) is 10.6 Å². The van der Waals surface area contributed by atoms with Gasteiger partial charge in [-0.2, -0.15) is 0 Å². The highest BCUT2D eigenvalue weighted by molar-refractivity contribution is 5.59. The minimum Gasteiger partial charge on any atom is -0.382 e. The van der Waals surface area contributed by atoms with Crippen LogP contribution in [0, 0.1) is 36.3 Å². The minimum absolute atomic E-state index is 0.182. The fourth-order valence-corrected chi connectivity index (χ4v) is 2.74. The third-order valence-electron chi connectivity index (χ3n) is 4.00. The molecule has 112 valence electrons. The maximum Gasteiger partial charge on any atom is 0.272 e. The molecule has 0 spiro atoms. The summed E-state index contributed by atoms with van der Waals surface area (Å²) in [6.45, 7) is 6.38. The standard InChI is InChI=1S/C16H21N3O2/c1-4-7-18-8-5-14(6-9-18)17-15-10-13(3)16(19(20)21)11-12(15)2/h1,10-11,14,17H,5-9H2,2-3H3. The van der Waals surface area contributed by atoms with E-state index in [1.165, 1.54) is 0 Å². The van der Waals surface area contributed by atoms with Gasteiger partial charge in [0.05, 0.1) is 11.5 Å². The molecule has 1 saturated heterocycles. The van der Waals surface area contributed by atoms with Crippen molar-refractivity contribution >= 4 is 11.4 Å². The molecule has 1 aromatic rings. The summed E-state index contributed by atoms with van der Waals surface area (Å²) >= 11 is 0. The number of anilines is 1. The Labute approximate surface area is 125 Å². The zero-order chi connectivity index (χ0) is 15.4. The zero-order valence-electron chi connectivity index (χ0n) is 12.6. The number of rotatable bonds is 4. The number of hydrogen-bond acceptors (Lipinski definition) is 4. The number of likely N-dealkylation sites (tertiary alicyclic amines) is 1. The molecule has 2 rings (SSSR count). The monoisotopic (exact) mass is 287 g/mol. The highest BCUT2D eigenvalue weighted by Gasteiger charge is 2.20. The lowest BCUT2D eigenvalue weighted by Gasteiger charge is -2.32. The molecule has 5 heteroatoms. The van der Waals surface area contributed by atoms with Crippen LogP contribution in [0.3, 0.4) is 0 Å². The van der Waals surface area contributed by atoms with E-state index < -0.39 is 0 Å². The Kier molecular flexibility index (Phi) is 4.81. The van der Waals surface area contributed by atoms with Gasteiger partial charge in [0.15, 0.2) is 0 Å². The summed E-state index contributed by atoms with van der Waals surface area (Å²) < 4.78 is 0. The molecular weight excluding hydrogens is 266 g/mol. The van der Waals surface area contributed by atoms with E-state index in [4.69, 9.17) is 6.42 Å². The number of hydrogen-bond donors (Lipinski definition) is 1. The molecule has 0 amide bonds. The van der Waals surface area contributed by atoms with E-state index in [1.807, 2.05) is 13.0 Å². The summed E-state index contributed by atoms with van der Waals surface area (Å²) in [7, 11) is 0. The number of terminal acetylenes is 1. The van der Waals surface area contributed by atoms with Gasteiger partial charge < -0.3 is 5.32 Å². The molecule has 1 fully saturated rings. The van der Waals surface area contributed by atoms with Crippen molar-refractivity contribution in [1.29, 1.82) is 0 Å². The number of aryl methyl sites for hydroxylation is 2. The van der Waals surface area contributed by atoms with Crippen LogP contribution in [0.2, 0.25) is 0 Å². The van der Waals surface area contributed by atoms with Gasteiger partial charge in [-0.15, -0.1) is 6.42 Å². The van der Waals surface area contributed by atoms with Gasteiger partial charge >= 0.3 is 0 Å². The summed E-state index contributed by atoms with van der Waals surface area (Å²) in [6, 6.07) is 3.92. The summed E-state index contributed by atoms with van der Waals surface area (Å²) in [4.78, 5) is 12.9. The largest absolute Gasteiger partial charge is 0.382 e. The Morgan fingerprint density at radius 3 is 2.62 bits per heavy atom. The van der Waals surface area contributed by atoms with E-state index in [1.54, 1.807) is 13.0 Å². The van der Waals surface area contributed by atoms with E-state index in [0.29, 0.717) is 18.2 Å². The molecule has 1 N–H and O–H groups in total. The predicted octanol–water partition coefficient (Wildman–Crippen LogP) is 2.72. The Morgan fingerprint density at radius 2 is 2.05 bits per heavy atom. The van der Waals surface area contributed by atoms with Crippen LogP contribution in [0.5, 0.6) is 0 Å². The van der Waals surface area contributed by atoms with Crippen molar-refractivity contribution in [2.75, 3.05) is 25.0 Å². The predicted molar refractivity (Wildman–Crippen MR) is 84.5 cm³/mol. The quantitative estimate of drug-likeness (QED) is 0.525. The van der Waals surface area contributed by atoms with Gasteiger partial charge in [0.1, 0.15) is 0 Å². The van der Waals surface area contributed by atoms with Crippen LogP contribution in [0.1, 0.15) is 24.0 Å². The van der Waals surface area contributed by atoms with E-state index in [2.05, 4.69) is 16.1 Å². The lowest BCUT2D eigenvalue weighted by molar-refractivity contribution is -0.385. The Morgan fingerprint density at radius 1 is 1.38 bits per heavy atom. The summed E-state index contributed by atoms with van der Waals surface area (Å²) in [6.07, 6.45) is 7.41. The first-order valence-corrected chi connectivity index (χ1v) is 7.19. The highest BCUT2D eigenvalue weighted by atomic mass is 16.6. The van der Waals surface area contributed by atoms with Gasteiger partial charge in [-0.05, 0) is 38.3 Å². The van der Waals surface area contributed by atoms with Crippen LogP contribution in [0.25, 0.3) is 0 Å². The van der Waals surface area contributed by atoms with Crippen molar-refractivity contribution in [2.24, 2.45) is 0 Å². The molecule has 1 aliphatic heterocycles. The van der Waals surface area contributed by atoms with Crippen molar-refractivity contribution < 1.29 is 4.92 Å². The lowest BCUT2D eigenvalue weighted by atomic mass is 10.0. The fourth-order valence-electron chi connectivity index (χ4n) is 2.74.